The van der Waals surface area contributed by atoms with E-state index in [1.165, 1.54) is 4.88 Å². The first-order chi connectivity index (χ1) is 10.5. The molecule has 2 aromatic rings. The molecule has 0 saturated heterocycles. The van der Waals surface area contributed by atoms with Gasteiger partial charge in [0, 0.05) is 16.2 Å². The van der Waals surface area contributed by atoms with Crippen LogP contribution in [0, 0.1) is 17.8 Å². The third-order valence-corrected chi connectivity index (χ3v) is 4.78. The maximum Gasteiger partial charge on any atom is 0.306 e. The molecule has 2 rings (SSSR count). The molecule has 0 spiro atoms. The van der Waals surface area contributed by atoms with Gasteiger partial charge in [-0.05, 0) is 29.5 Å². The van der Waals surface area contributed by atoms with Gasteiger partial charge in [-0.3, -0.25) is 4.79 Å². The molecule has 116 valence electrons. The molecule has 1 N–H and O–H groups in total. The molecule has 3 nitrogen and oxygen atoms in total. The molecule has 0 bridgehead atoms. The number of carbonyl (C=O) groups excluding carboxylic acids is 1. The number of hydrogen-bond acceptors (Lipinski definition) is 5. The van der Waals surface area contributed by atoms with Crippen LogP contribution in [0.2, 0.25) is 0 Å². The topological polar surface area (TPSA) is 46.5 Å². The van der Waals surface area contributed by atoms with Crippen molar-refractivity contribution in [2.75, 3.05) is 6.61 Å². The molecular formula is C17H18O3S2. The Hall–Kier alpha value is -1.61. The molecule has 5 heteroatoms. The number of rotatable bonds is 5. The highest BCUT2D eigenvalue weighted by Gasteiger charge is 2.08. The first-order valence-corrected chi connectivity index (χ1v) is 8.73. The van der Waals surface area contributed by atoms with E-state index in [1.54, 1.807) is 22.7 Å². The molecule has 2 aromatic heterocycles. The summed E-state index contributed by atoms with van der Waals surface area (Å²) in [6.45, 7) is 3.81. The van der Waals surface area contributed by atoms with Crippen LogP contribution in [0.15, 0.2) is 29.6 Å². The average molecular weight is 334 g/mol. The lowest BCUT2D eigenvalue weighted by atomic mass is 10.1. The molecule has 0 aliphatic rings. The fourth-order valence-electron chi connectivity index (χ4n) is 1.72. The van der Waals surface area contributed by atoms with Gasteiger partial charge in [0.25, 0.3) is 0 Å². The Morgan fingerprint density at radius 3 is 2.82 bits per heavy atom. The van der Waals surface area contributed by atoms with E-state index in [0.717, 1.165) is 9.75 Å². The predicted octanol–water partition coefficient (Wildman–Crippen LogP) is 3.78. The van der Waals surface area contributed by atoms with Crippen molar-refractivity contribution in [1.82, 2.24) is 0 Å². The Labute approximate surface area is 138 Å². The SMILES string of the molecule is CC(C)CC(=O)OC[C@H](O)C#Cc1ccc(-c2cccs2)s1. The highest BCUT2D eigenvalue weighted by molar-refractivity contribution is 7.21. The number of carbonyl (C=O) groups is 1. The summed E-state index contributed by atoms with van der Waals surface area (Å²) in [5, 5.41) is 11.8. The number of hydrogen-bond donors (Lipinski definition) is 1. The fraction of sp³-hybridized carbons (Fsp3) is 0.353. The Kier molecular flexibility index (Phi) is 6.20. The van der Waals surface area contributed by atoms with Crippen LogP contribution in [-0.2, 0) is 9.53 Å². The van der Waals surface area contributed by atoms with E-state index in [9.17, 15) is 9.90 Å². The lowest BCUT2D eigenvalue weighted by Gasteiger charge is -2.07. The van der Waals surface area contributed by atoms with Crippen LogP contribution in [0.3, 0.4) is 0 Å². The zero-order valence-electron chi connectivity index (χ0n) is 12.5. The van der Waals surface area contributed by atoms with E-state index >= 15 is 0 Å². The molecule has 2 heterocycles. The van der Waals surface area contributed by atoms with Gasteiger partial charge in [-0.1, -0.05) is 31.8 Å². The molecule has 1 atom stereocenters. The first-order valence-electron chi connectivity index (χ1n) is 7.03. The van der Waals surface area contributed by atoms with Crippen LogP contribution in [0.4, 0.5) is 0 Å². The van der Waals surface area contributed by atoms with Crippen LogP contribution in [0.5, 0.6) is 0 Å². The highest BCUT2D eigenvalue weighted by atomic mass is 32.1. The number of thiophene rings is 2. The van der Waals surface area contributed by atoms with Crippen LogP contribution >= 0.6 is 22.7 Å². The zero-order valence-corrected chi connectivity index (χ0v) is 14.2. The minimum Gasteiger partial charge on any atom is -0.462 e. The van der Waals surface area contributed by atoms with Crippen molar-refractivity contribution in [2.45, 2.75) is 26.4 Å². The standard InChI is InChI=1S/C17H18O3S2/c1-12(2)10-17(19)20-11-13(18)5-6-14-7-8-16(22-14)15-4-3-9-21-15/h3-4,7-9,12-13,18H,10-11H2,1-2H3/t13-/m1/s1. The van der Waals surface area contributed by atoms with Crippen molar-refractivity contribution in [3.8, 4) is 21.6 Å². The molecule has 0 saturated carbocycles. The molecule has 22 heavy (non-hydrogen) atoms. The average Bonchev–Trinajstić information content (AvgIpc) is 3.12. The van der Waals surface area contributed by atoms with E-state index < -0.39 is 6.10 Å². The van der Waals surface area contributed by atoms with Crippen molar-refractivity contribution in [2.24, 2.45) is 5.92 Å². The van der Waals surface area contributed by atoms with Crippen molar-refractivity contribution in [1.29, 1.82) is 0 Å². The fourth-order valence-corrected chi connectivity index (χ4v) is 3.42. The van der Waals surface area contributed by atoms with Crippen LogP contribution < -0.4 is 0 Å². The third kappa shape index (κ3) is 5.30. The number of esters is 1. The second kappa shape index (κ2) is 8.14. The largest absolute Gasteiger partial charge is 0.462 e. The summed E-state index contributed by atoms with van der Waals surface area (Å²) in [6, 6.07) is 8.04. The van der Waals surface area contributed by atoms with E-state index in [0.29, 0.717) is 6.42 Å². The molecule has 0 aliphatic heterocycles. The van der Waals surface area contributed by atoms with Gasteiger partial charge in [0.05, 0.1) is 4.88 Å². The lowest BCUT2D eigenvalue weighted by Crippen LogP contribution is -2.17. The first kappa shape index (κ1) is 16.8. The third-order valence-electron chi connectivity index (χ3n) is 2.71. The number of ether oxygens (including phenoxy) is 1. The van der Waals surface area contributed by atoms with Gasteiger partial charge in [0.15, 0.2) is 0 Å². The van der Waals surface area contributed by atoms with Crippen molar-refractivity contribution < 1.29 is 14.6 Å². The van der Waals surface area contributed by atoms with Crippen LogP contribution in [-0.4, -0.2) is 23.8 Å². The maximum atomic E-state index is 11.4. The lowest BCUT2D eigenvalue weighted by molar-refractivity contribution is -0.146. The summed E-state index contributed by atoms with van der Waals surface area (Å²) in [5.41, 5.74) is 0. The Bertz CT molecular complexity index is 660. The second-order valence-electron chi connectivity index (χ2n) is 5.21. The Balaban J connectivity index is 1.86. The summed E-state index contributed by atoms with van der Waals surface area (Å²) in [6.07, 6.45) is -0.599. The number of aliphatic hydroxyl groups excluding tert-OH is 1. The normalized spacial score (nSPS) is 11.8. The summed E-state index contributed by atoms with van der Waals surface area (Å²) in [5.74, 6) is 5.58. The van der Waals surface area contributed by atoms with Crippen LogP contribution in [0.1, 0.15) is 25.1 Å². The minimum absolute atomic E-state index is 0.0816. The summed E-state index contributed by atoms with van der Waals surface area (Å²) in [7, 11) is 0. The highest BCUT2D eigenvalue weighted by Crippen LogP contribution is 2.30. The molecule has 0 fully saturated rings. The Morgan fingerprint density at radius 1 is 1.32 bits per heavy atom. The van der Waals surface area contributed by atoms with Gasteiger partial charge in [0.1, 0.15) is 12.7 Å². The molecule has 0 radical (unpaired) electrons. The maximum absolute atomic E-state index is 11.4. The van der Waals surface area contributed by atoms with E-state index in [2.05, 4.69) is 17.9 Å². The van der Waals surface area contributed by atoms with Gasteiger partial charge >= 0.3 is 5.97 Å². The van der Waals surface area contributed by atoms with Crippen LogP contribution in [0.25, 0.3) is 9.75 Å². The number of aliphatic hydroxyl groups is 1. The summed E-state index contributed by atoms with van der Waals surface area (Å²) >= 11 is 3.27. The molecular weight excluding hydrogens is 316 g/mol. The van der Waals surface area contributed by atoms with Gasteiger partial charge in [0.2, 0.25) is 0 Å². The second-order valence-corrected chi connectivity index (χ2v) is 7.24. The summed E-state index contributed by atoms with van der Waals surface area (Å²) in [4.78, 5) is 14.6. The quantitative estimate of drug-likeness (QED) is 0.669. The summed E-state index contributed by atoms with van der Waals surface area (Å²) < 4.78 is 4.98. The van der Waals surface area contributed by atoms with E-state index in [1.807, 2.05) is 37.4 Å². The van der Waals surface area contributed by atoms with Crippen molar-refractivity contribution >= 4 is 28.6 Å². The molecule has 0 aromatic carbocycles. The van der Waals surface area contributed by atoms with Gasteiger partial charge in [-0.15, -0.1) is 22.7 Å². The van der Waals surface area contributed by atoms with Gasteiger partial charge in [-0.25, -0.2) is 0 Å². The van der Waals surface area contributed by atoms with Gasteiger partial charge in [-0.2, -0.15) is 0 Å². The van der Waals surface area contributed by atoms with Gasteiger partial charge < -0.3 is 9.84 Å². The van der Waals surface area contributed by atoms with E-state index in [-0.39, 0.29) is 18.5 Å². The predicted molar refractivity (Wildman–Crippen MR) is 90.9 cm³/mol. The smallest absolute Gasteiger partial charge is 0.306 e. The van der Waals surface area contributed by atoms with Crippen molar-refractivity contribution in [3.05, 3.63) is 34.5 Å². The monoisotopic (exact) mass is 334 g/mol. The molecule has 0 amide bonds. The van der Waals surface area contributed by atoms with Crippen molar-refractivity contribution in [3.63, 3.8) is 0 Å². The molecule has 0 aliphatic carbocycles. The molecule has 0 unspecified atom stereocenters. The minimum atomic E-state index is -0.955. The Morgan fingerprint density at radius 2 is 2.14 bits per heavy atom. The zero-order chi connectivity index (χ0) is 15.9. The van der Waals surface area contributed by atoms with E-state index in [4.69, 9.17) is 4.74 Å².